The van der Waals surface area contributed by atoms with Crippen LogP contribution in [0, 0.1) is 5.92 Å². The summed E-state index contributed by atoms with van der Waals surface area (Å²) < 4.78 is 5.14. The van der Waals surface area contributed by atoms with Gasteiger partial charge in [0.25, 0.3) is 0 Å². The first-order chi connectivity index (χ1) is 5.63. The van der Waals surface area contributed by atoms with Crippen LogP contribution in [0.15, 0.2) is 12.2 Å². The number of carboxylic acids is 1. The van der Waals surface area contributed by atoms with Crippen molar-refractivity contribution >= 4 is 5.97 Å². The van der Waals surface area contributed by atoms with E-state index in [-0.39, 0.29) is 0 Å². The Kier molecular flexibility index (Phi) is 6.38. The molecule has 0 fully saturated rings. The Morgan fingerprint density at radius 1 is 1.58 bits per heavy atom. The van der Waals surface area contributed by atoms with E-state index in [4.69, 9.17) is 9.84 Å². The molecule has 0 spiro atoms. The van der Waals surface area contributed by atoms with Crippen molar-refractivity contribution < 1.29 is 14.6 Å². The summed E-state index contributed by atoms with van der Waals surface area (Å²) in [5, 5.41) is 8.22. The van der Waals surface area contributed by atoms with Gasteiger partial charge in [-0.25, -0.2) is 4.79 Å². The van der Waals surface area contributed by atoms with Crippen LogP contribution in [0.5, 0.6) is 0 Å². The van der Waals surface area contributed by atoms with Crippen LogP contribution in [0.4, 0.5) is 0 Å². The van der Waals surface area contributed by atoms with Gasteiger partial charge in [-0.3, -0.25) is 0 Å². The summed E-state index contributed by atoms with van der Waals surface area (Å²) in [5.41, 5.74) is 0. The van der Waals surface area contributed by atoms with Crippen LogP contribution < -0.4 is 0 Å². The van der Waals surface area contributed by atoms with Crippen LogP contribution in [-0.2, 0) is 9.53 Å². The number of hydrogen-bond donors (Lipinski definition) is 1. The molecule has 0 aliphatic heterocycles. The number of hydrogen-bond acceptors (Lipinski definition) is 2. The fourth-order valence-electron chi connectivity index (χ4n) is 0.619. The third kappa shape index (κ3) is 9.17. The summed E-state index contributed by atoms with van der Waals surface area (Å²) in [4.78, 5) is 10.00. The molecule has 0 amide bonds. The van der Waals surface area contributed by atoms with E-state index in [2.05, 4.69) is 13.8 Å². The first kappa shape index (κ1) is 11.2. The molecule has 0 unspecified atom stereocenters. The molecule has 0 aromatic carbocycles. The monoisotopic (exact) mass is 172 g/mol. The van der Waals surface area contributed by atoms with Crippen molar-refractivity contribution in [2.24, 2.45) is 5.92 Å². The smallest absolute Gasteiger partial charge is 0.328 e. The quantitative estimate of drug-likeness (QED) is 0.490. The molecule has 12 heavy (non-hydrogen) atoms. The normalized spacial score (nSPS) is 11.2. The fourth-order valence-corrected chi connectivity index (χ4v) is 0.619. The van der Waals surface area contributed by atoms with Gasteiger partial charge < -0.3 is 9.84 Å². The number of rotatable bonds is 6. The van der Waals surface area contributed by atoms with Gasteiger partial charge in [-0.1, -0.05) is 19.9 Å². The SMILES string of the molecule is CC(C)CCOCC=CC(=O)O. The number of aliphatic carboxylic acids is 1. The van der Waals surface area contributed by atoms with Crippen molar-refractivity contribution in [1.29, 1.82) is 0 Å². The highest BCUT2D eigenvalue weighted by atomic mass is 16.5. The molecule has 0 aromatic heterocycles. The lowest BCUT2D eigenvalue weighted by Crippen LogP contribution is -1.99. The predicted octanol–water partition coefficient (Wildman–Crippen LogP) is 1.69. The summed E-state index contributed by atoms with van der Waals surface area (Å²) >= 11 is 0. The van der Waals surface area contributed by atoms with Crippen LogP contribution in [0.1, 0.15) is 20.3 Å². The summed E-state index contributed by atoms with van der Waals surface area (Å²) in [7, 11) is 0. The average molecular weight is 172 g/mol. The number of carboxylic acid groups (broad SMARTS) is 1. The predicted molar refractivity (Wildman–Crippen MR) is 47.0 cm³/mol. The van der Waals surface area contributed by atoms with Gasteiger partial charge in [-0.15, -0.1) is 0 Å². The molecule has 1 N–H and O–H groups in total. The first-order valence-corrected chi connectivity index (χ1v) is 4.10. The molecule has 0 aliphatic carbocycles. The molecule has 3 heteroatoms. The van der Waals surface area contributed by atoms with Crippen molar-refractivity contribution in [3.63, 3.8) is 0 Å². The van der Waals surface area contributed by atoms with Gasteiger partial charge in [0.05, 0.1) is 6.61 Å². The van der Waals surface area contributed by atoms with Gasteiger partial charge in [0.1, 0.15) is 0 Å². The molecule has 0 radical (unpaired) electrons. The molecule has 0 rings (SSSR count). The van der Waals surface area contributed by atoms with E-state index >= 15 is 0 Å². The molecule has 70 valence electrons. The van der Waals surface area contributed by atoms with Gasteiger partial charge in [0, 0.05) is 12.7 Å². The van der Waals surface area contributed by atoms with E-state index in [1.54, 1.807) is 0 Å². The third-order valence-electron chi connectivity index (χ3n) is 1.31. The van der Waals surface area contributed by atoms with E-state index in [0.717, 1.165) is 12.5 Å². The Morgan fingerprint density at radius 2 is 2.25 bits per heavy atom. The Balaban J connectivity index is 3.16. The van der Waals surface area contributed by atoms with Crippen LogP contribution in [0.25, 0.3) is 0 Å². The van der Waals surface area contributed by atoms with Crippen molar-refractivity contribution in [3.05, 3.63) is 12.2 Å². The zero-order chi connectivity index (χ0) is 9.40. The lowest BCUT2D eigenvalue weighted by molar-refractivity contribution is -0.131. The Labute approximate surface area is 73.0 Å². The standard InChI is InChI=1S/C9H16O3/c1-8(2)5-7-12-6-3-4-9(10)11/h3-4,8H,5-7H2,1-2H3,(H,10,11). The van der Waals surface area contributed by atoms with Crippen molar-refractivity contribution in [2.75, 3.05) is 13.2 Å². The molecule has 0 saturated carbocycles. The second kappa shape index (κ2) is 6.85. The van der Waals surface area contributed by atoms with E-state index in [1.807, 2.05) is 0 Å². The summed E-state index contributed by atoms with van der Waals surface area (Å²) in [5.74, 6) is -0.295. The summed E-state index contributed by atoms with van der Waals surface area (Å²) in [6.45, 7) is 5.33. The molecular formula is C9H16O3. The summed E-state index contributed by atoms with van der Waals surface area (Å²) in [6, 6.07) is 0. The van der Waals surface area contributed by atoms with Crippen molar-refractivity contribution in [2.45, 2.75) is 20.3 Å². The maximum atomic E-state index is 10.00. The zero-order valence-corrected chi connectivity index (χ0v) is 7.62. The highest BCUT2D eigenvalue weighted by molar-refractivity contribution is 5.79. The lowest BCUT2D eigenvalue weighted by atomic mass is 10.1. The zero-order valence-electron chi connectivity index (χ0n) is 7.62. The largest absolute Gasteiger partial charge is 0.478 e. The van der Waals surface area contributed by atoms with Gasteiger partial charge in [0.15, 0.2) is 0 Å². The number of carbonyl (C=O) groups is 1. The lowest BCUT2D eigenvalue weighted by Gasteiger charge is -2.03. The maximum Gasteiger partial charge on any atom is 0.328 e. The second-order valence-electron chi connectivity index (χ2n) is 3.00. The molecular weight excluding hydrogens is 156 g/mol. The minimum absolute atomic E-state index is 0.388. The highest BCUT2D eigenvalue weighted by Crippen LogP contribution is 1.98. The van der Waals surface area contributed by atoms with Crippen LogP contribution in [0.3, 0.4) is 0 Å². The molecule has 0 aromatic rings. The van der Waals surface area contributed by atoms with Crippen LogP contribution >= 0.6 is 0 Å². The Morgan fingerprint density at radius 3 is 2.75 bits per heavy atom. The van der Waals surface area contributed by atoms with Crippen LogP contribution in [0.2, 0.25) is 0 Å². The molecule has 0 bridgehead atoms. The fraction of sp³-hybridized carbons (Fsp3) is 0.667. The minimum atomic E-state index is -0.928. The van der Waals surface area contributed by atoms with Gasteiger partial charge in [0.2, 0.25) is 0 Å². The van der Waals surface area contributed by atoms with Gasteiger partial charge in [-0.2, -0.15) is 0 Å². The van der Waals surface area contributed by atoms with Gasteiger partial charge in [-0.05, 0) is 12.3 Å². The highest BCUT2D eigenvalue weighted by Gasteiger charge is 1.92. The van der Waals surface area contributed by atoms with Crippen molar-refractivity contribution in [3.8, 4) is 0 Å². The third-order valence-corrected chi connectivity index (χ3v) is 1.31. The van der Waals surface area contributed by atoms with E-state index < -0.39 is 5.97 Å². The first-order valence-electron chi connectivity index (χ1n) is 4.10. The van der Waals surface area contributed by atoms with Gasteiger partial charge >= 0.3 is 5.97 Å². The van der Waals surface area contributed by atoms with E-state index in [9.17, 15) is 4.79 Å². The molecule has 0 saturated heterocycles. The average Bonchev–Trinajstić information content (AvgIpc) is 1.95. The Bertz CT molecular complexity index is 150. The van der Waals surface area contributed by atoms with Crippen LogP contribution in [-0.4, -0.2) is 24.3 Å². The molecule has 0 heterocycles. The van der Waals surface area contributed by atoms with Crippen molar-refractivity contribution in [1.82, 2.24) is 0 Å². The molecule has 0 atom stereocenters. The minimum Gasteiger partial charge on any atom is -0.478 e. The molecule has 3 nitrogen and oxygen atoms in total. The molecule has 0 aliphatic rings. The maximum absolute atomic E-state index is 10.00. The topological polar surface area (TPSA) is 46.5 Å². The number of ether oxygens (including phenoxy) is 1. The summed E-state index contributed by atoms with van der Waals surface area (Å²) in [6.07, 6.45) is 3.61. The Hall–Kier alpha value is -0.830. The second-order valence-corrected chi connectivity index (χ2v) is 3.00. The van der Waals surface area contributed by atoms with E-state index in [0.29, 0.717) is 19.1 Å². The van der Waals surface area contributed by atoms with E-state index in [1.165, 1.54) is 6.08 Å².